The molecule has 0 aliphatic carbocycles. The molecule has 4 nitrogen and oxygen atoms in total. The van der Waals surface area contributed by atoms with Crippen molar-refractivity contribution in [1.82, 2.24) is 0 Å². The lowest BCUT2D eigenvalue weighted by atomic mass is 10.0. The highest BCUT2D eigenvalue weighted by Gasteiger charge is 2.18. The predicted octanol–water partition coefficient (Wildman–Crippen LogP) is 4.40. The van der Waals surface area contributed by atoms with Crippen molar-refractivity contribution in [2.24, 2.45) is 0 Å². The maximum absolute atomic E-state index is 12.8. The van der Waals surface area contributed by atoms with Crippen molar-refractivity contribution >= 4 is 11.6 Å². The van der Waals surface area contributed by atoms with Crippen molar-refractivity contribution in [3.63, 3.8) is 0 Å². The van der Waals surface area contributed by atoms with Gasteiger partial charge in [0.2, 0.25) is 0 Å². The summed E-state index contributed by atoms with van der Waals surface area (Å²) in [5.41, 5.74) is 3.52. The molecule has 0 bridgehead atoms. The Labute approximate surface area is 140 Å². The van der Waals surface area contributed by atoms with Crippen LogP contribution in [-0.2, 0) is 0 Å². The van der Waals surface area contributed by atoms with E-state index in [0.717, 1.165) is 16.8 Å². The molecule has 0 radical (unpaired) electrons. The fraction of sp³-hybridized carbons (Fsp3) is 0.100. The molecule has 0 saturated carbocycles. The third kappa shape index (κ3) is 2.80. The lowest BCUT2D eigenvalue weighted by molar-refractivity contribution is 0.0993. The van der Waals surface area contributed by atoms with Crippen molar-refractivity contribution in [3.05, 3.63) is 77.6 Å². The molecule has 1 amide bonds. The molecule has 1 aromatic heterocycles. The van der Waals surface area contributed by atoms with E-state index in [1.54, 1.807) is 36.4 Å². The lowest BCUT2D eigenvalue weighted by Crippen LogP contribution is -2.26. The van der Waals surface area contributed by atoms with Gasteiger partial charge < -0.3 is 9.32 Å². The SMILES string of the molecule is Cc1cc(C(=O)N(C)c2ccccc2-c2ccco2)ccc1C#N. The summed E-state index contributed by atoms with van der Waals surface area (Å²) in [5, 5.41) is 9.02. The third-order valence-corrected chi connectivity index (χ3v) is 3.95. The molecule has 0 fully saturated rings. The van der Waals surface area contributed by atoms with Crippen molar-refractivity contribution in [1.29, 1.82) is 5.26 Å². The van der Waals surface area contributed by atoms with Crippen molar-refractivity contribution < 1.29 is 9.21 Å². The normalized spacial score (nSPS) is 10.2. The maximum atomic E-state index is 12.8. The van der Waals surface area contributed by atoms with Gasteiger partial charge >= 0.3 is 0 Å². The molecule has 1 heterocycles. The van der Waals surface area contributed by atoms with Gasteiger partial charge in [-0.25, -0.2) is 0 Å². The molecular formula is C20H16N2O2. The third-order valence-electron chi connectivity index (χ3n) is 3.95. The molecule has 0 aliphatic rings. The van der Waals surface area contributed by atoms with Gasteiger partial charge in [-0.2, -0.15) is 5.26 Å². The molecule has 0 N–H and O–H groups in total. The zero-order chi connectivity index (χ0) is 17.1. The fourth-order valence-electron chi connectivity index (χ4n) is 2.63. The molecule has 4 heteroatoms. The minimum atomic E-state index is -0.137. The van der Waals surface area contributed by atoms with E-state index in [4.69, 9.17) is 9.68 Å². The van der Waals surface area contributed by atoms with Crippen LogP contribution >= 0.6 is 0 Å². The van der Waals surface area contributed by atoms with E-state index in [9.17, 15) is 4.79 Å². The van der Waals surface area contributed by atoms with Crippen molar-refractivity contribution in [3.8, 4) is 17.4 Å². The molecule has 0 saturated heterocycles. The second kappa shape index (κ2) is 6.43. The number of amides is 1. The van der Waals surface area contributed by atoms with E-state index in [1.807, 2.05) is 43.3 Å². The van der Waals surface area contributed by atoms with Gasteiger partial charge in [-0.15, -0.1) is 0 Å². The maximum Gasteiger partial charge on any atom is 0.258 e. The summed E-state index contributed by atoms with van der Waals surface area (Å²) in [6.07, 6.45) is 1.61. The van der Waals surface area contributed by atoms with Crippen LogP contribution in [-0.4, -0.2) is 13.0 Å². The molecule has 0 atom stereocenters. The molecule has 2 aromatic carbocycles. The number of benzene rings is 2. The second-order valence-corrected chi connectivity index (χ2v) is 5.50. The van der Waals surface area contributed by atoms with E-state index in [2.05, 4.69) is 6.07 Å². The summed E-state index contributed by atoms with van der Waals surface area (Å²) in [6, 6.07) is 18.5. The Morgan fingerprint density at radius 2 is 1.92 bits per heavy atom. The first-order chi connectivity index (χ1) is 11.6. The highest BCUT2D eigenvalue weighted by atomic mass is 16.3. The Balaban J connectivity index is 1.98. The smallest absolute Gasteiger partial charge is 0.258 e. The van der Waals surface area contributed by atoms with Crippen molar-refractivity contribution in [2.75, 3.05) is 11.9 Å². The highest BCUT2D eigenvalue weighted by molar-refractivity contribution is 6.07. The number of hydrogen-bond donors (Lipinski definition) is 0. The minimum absolute atomic E-state index is 0.137. The highest BCUT2D eigenvalue weighted by Crippen LogP contribution is 2.31. The summed E-state index contributed by atoms with van der Waals surface area (Å²) < 4.78 is 5.47. The number of carbonyl (C=O) groups is 1. The molecule has 0 unspecified atom stereocenters. The number of nitriles is 1. The van der Waals surface area contributed by atoms with Crippen LogP contribution in [0.4, 0.5) is 5.69 Å². The zero-order valence-corrected chi connectivity index (χ0v) is 13.5. The molecule has 118 valence electrons. The van der Waals surface area contributed by atoms with Crippen LogP contribution < -0.4 is 4.90 Å². The summed E-state index contributed by atoms with van der Waals surface area (Å²) in [4.78, 5) is 14.4. The molecule has 3 rings (SSSR count). The van der Waals surface area contributed by atoms with Gasteiger partial charge in [0.05, 0.1) is 23.6 Å². The number of para-hydroxylation sites is 1. The number of nitrogens with zero attached hydrogens (tertiary/aromatic N) is 2. The van der Waals surface area contributed by atoms with Gasteiger partial charge in [0.25, 0.3) is 5.91 Å². The van der Waals surface area contributed by atoms with Crippen LogP contribution in [0.2, 0.25) is 0 Å². The molecule has 0 spiro atoms. The number of rotatable bonds is 3. The first-order valence-electron chi connectivity index (χ1n) is 7.53. The minimum Gasteiger partial charge on any atom is -0.464 e. The molecular weight excluding hydrogens is 300 g/mol. The van der Waals surface area contributed by atoms with E-state index < -0.39 is 0 Å². The Morgan fingerprint density at radius 3 is 2.58 bits per heavy atom. The van der Waals surface area contributed by atoms with Gasteiger partial charge in [0, 0.05) is 18.2 Å². The van der Waals surface area contributed by atoms with Crippen LogP contribution in [0.3, 0.4) is 0 Å². The lowest BCUT2D eigenvalue weighted by Gasteiger charge is -2.20. The quantitative estimate of drug-likeness (QED) is 0.719. The largest absolute Gasteiger partial charge is 0.464 e. The Kier molecular flexibility index (Phi) is 4.17. The van der Waals surface area contributed by atoms with Gasteiger partial charge in [-0.3, -0.25) is 4.79 Å². The molecule has 0 aliphatic heterocycles. The van der Waals surface area contributed by atoms with E-state index >= 15 is 0 Å². The monoisotopic (exact) mass is 316 g/mol. The Hall–Kier alpha value is -3.32. The van der Waals surface area contributed by atoms with Gasteiger partial charge in [-0.1, -0.05) is 12.1 Å². The zero-order valence-electron chi connectivity index (χ0n) is 13.5. The molecule has 3 aromatic rings. The van der Waals surface area contributed by atoms with Crippen LogP contribution in [0.15, 0.2) is 65.3 Å². The van der Waals surface area contributed by atoms with E-state index in [0.29, 0.717) is 16.9 Å². The fourth-order valence-corrected chi connectivity index (χ4v) is 2.63. The summed E-state index contributed by atoms with van der Waals surface area (Å²) in [6.45, 7) is 1.83. The number of carbonyl (C=O) groups excluding carboxylic acids is 1. The van der Waals surface area contributed by atoms with Crippen LogP contribution in [0.1, 0.15) is 21.5 Å². The number of anilines is 1. The van der Waals surface area contributed by atoms with Crippen LogP contribution in [0, 0.1) is 18.3 Å². The summed E-state index contributed by atoms with van der Waals surface area (Å²) in [7, 11) is 1.73. The summed E-state index contributed by atoms with van der Waals surface area (Å²) >= 11 is 0. The average molecular weight is 316 g/mol. The number of aryl methyl sites for hydroxylation is 1. The van der Waals surface area contributed by atoms with Gasteiger partial charge in [-0.05, 0) is 55.0 Å². The van der Waals surface area contributed by atoms with E-state index in [1.165, 1.54) is 0 Å². The predicted molar refractivity (Wildman–Crippen MR) is 92.8 cm³/mol. The van der Waals surface area contributed by atoms with E-state index in [-0.39, 0.29) is 5.91 Å². The topological polar surface area (TPSA) is 57.2 Å². The summed E-state index contributed by atoms with van der Waals surface area (Å²) in [5.74, 6) is 0.572. The Morgan fingerprint density at radius 1 is 1.12 bits per heavy atom. The molecule has 24 heavy (non-hydrogen) atoms. The van der Waals surface area contributed by atoms with Crippen molar-refractivity contribution in [2.45, 2.75) is 6.92 Å². The van der Waals surface area contributed by atoms with Crippen LogP contribution in [0.25, 0.3) is 11.3 Å². The van der Waals surface area contributed by atoms with Crippen LogP contribution in [0.5, 0.6) is 0 Å². The second-order valence-electron chi connectivity index (χ2n) is 5.50. The average Bonchev–Trinajstić information content (AvgIpc) is 3.15. The van der Waals surface area contributed by atoms with Gasteiger partial charge in [0.15, 0.2) is 0 Å². The first kappa shape index (κ1) is 15.6. The number of furan rings is 1. The Bertz CT molecular complexity index is 921. The standard InChI is InChI=1S/C20H16N2O2/c1-14-12-15(9-10-16(14)13-21)20(23)22(2)18-7-4-3-6-17(18)19-8-5-11-24-19/h3-12H,1-2H3. The first-order valence-corrected chi connectivity index (χ1v) is 7.53. The van der Waals surface area contributed by atoms with Gasteiger partial charge in [0.1, 0.15) is 5.76 Å². The number of hydrogen-bond acceptors (Lipinski definition) is 3.